The molecule has 0 unspecified atom stereocenters. The summed E-state index contributed by atoms with van der Waals surface area (Å²) in [6, 6.07) is 4.86. The van der Waals surface area contributed by atoms with E-state index in [1.807, 2.05) is 0 Å². The fourth-order valence-corrected chi connectivity index (χ4v) is 3.63. The third-order valence-electron chi connectivity index (χ3n) is 3.65. The number of piperidine rings is 1. The molecule has 1 N–H and O–H groups in total. The predicted octanol–water partition coefficient (Wildman–Crippen LogP) is 2.56. The van der Waals surface area contributed by atoms with Crippen molar-refractivity contribution in [3.8, 4) is 0 Å². The molecule has 1 atom stereocenters. The SMILES string of the molecule is O=[N+]([O-])c1ccc2sc(N3CCCC[C@@H]3CO)nc2c1. The van der Waals surface area contributed by atoms with Crippen LogP contribution in [0.25, 0.3) is 10.2 Å². The number of anilines is 1. The first kappa shape index (κ1) is 13.3. The van der Waals surface area contributed by atoms with Crippen molar-refractivity contribution in [2.75, 3.05) is 18.1 Å². The molecule has 0 amide bonds. The molecule has 106 valence electrons. The summed E-state index contributed by atoms with van der Waals surface area (Å²) in [6.45, 7) is 1.00. The number of aliphatic hydroxyl groups excluding tert-OH is 1. The maximum absolute atomic E-state index is 10.8. The maximum atomic E-state index is 10.8. The van der Waals surface area contributed by atoms with E-state index in [1.165, 1.54) is 23.5 Å². The molecule has 1 aromatic heterocycles. The molecule has 0 saturated carbocycles. The Labute approximate surface area is 119 Å². The summed E-state index contributed by atoms with van der Waals surface area (Å²) in [4.78, 5) is 17.0. The smallest absolute Gasteiger partial charge is 0.271 e. The lowest BCUT2D eigenvalue weighted by molar-refractivity contribution is -0.384. The van der Waals surface area contributed by atoms with Crippen LogP contribution in [0.3, 0.4) is 0 Å². The zero-order valence-electron chi connectivity index (χ0n) is 10.9. The summed E-state index contributed by atoms with van der Waals surface area (Å²) >= 11 is 1.52. The zero-order valence-corrected chi connectivity index (χ0v) is 11.7. The summed E-state index contributed by atoms with van der Waals surface area (Å²) in [7, 11) is 0. The van der Waals surface area contributed by atoms with Crippen LogP contribution in [0.5, 0.6) is 0 Å². The summed E-state index contributed by atoms with van der Waals surface area (Å²) in [6.07, 6.45) is 3.18. The van der Waals surface area contributed by atoms with Crippen LogP contribution in [-0.2, 0) is 0 Å². The van der Waals surface area contributed by atoms with E-state index >= 15 is 0 Å². The lowest BCUT2D eigenvalue weighted by atomic mass is 10.0. The second kappa shape index (κ2) is 5.34. The van der Waals surface area contributed by atoms with Gasteiger partial charge in [0.1, 0.15) is 0 Å². The Hall–Kier alpha value is -1.73. The van der Waals surface area contributed by atoms with Crippen molar-refractivity contribution in [3.05, 3.63) is 28.3 Å². The first-order chi connectivity index (χ1) is 9.69. The molecule has 1 aliphatic rings. The number of thiazole rings is 1. The Kier molecular flexibility index (Phi) is 3.54. The third-order valence-corrected chi connectivity index (χ3v) is 4.73. The van der Waals surface area contributed by atoms with Crippen molar-refractivity contribution < 1.29 is 10.0 Å². The highest BCUT2D eigenvalue weighted by Crippen LogP contribution is 2.34. The van der Waals surface area contributed by atoms with Crippen LogP contribution in [-0.4, -0.2) is 34.2 Å². The molecular formula is C13H15N3O3S. The minimum absolute atomic E-state index is 0.0618. The average molecular weight is 293 g/mol. The molecule has 3 rings (SSSR count). The van der Waals surface area contributed by atoms with Crippen molar-refractivity contribution in [1.82, 2.24) is 4.98 Å². The Morgan fingerprint density at radius 1 is 1.50 bits per heavy atom. The molecule has 1 saturated heterocycles. The van der Waals surface area contributed by atoms with E-state index in [1.54, 1.807) is 6.07 Å². The summed E-state index contributed by atoms with van der Waals surface area (Å²) in [5.74, 6) is 0. The molecule has 7 heteroatoms. The molecule has 0 spiro atoms. The standard InChI is InChI=1S/C13H15N3O3S/c17-8-10-3-1-2-6-15(10)13-14-11-7-9(16(18)19)4-5-12(11)20-13/h4-5,7,10,17H,1-3,6,8H2/t10-/m1/s1. The van der Waals surface area contributed by atoms with Gasteiger partial charge in [-0.05, 0) is 25.3 Å². The van der Waals surface area contributed by atoms with E-state index in [0.717, 1.165) is 35.6 Å². The quantitative estimate of drug-likeness (QED) is 0.695. The zero-order chi connectivity index (χ0) is 14.1. The van der Waals surface area contributed by atoms with Gasteiger partial charge >= 0.3 is 0 Å². The Morgan fingerprint density at radius 3 is 3.10 bits per heavy atom. The molecule has 1 aromatic carbocycles. The largest absolute Gasteiger partial charge is 0.394 e. The van der Waals surface area contributed by atoms with Gasteiger partial charge in [-0.1, -0.05) is 11.3 Å². The van der Waals surface area contributed by atoms with Gasteiger partial charge in [0.05, 0.1) is 27.8 Å². The molecule has 6 nitrogen and oxygen atoms in total. The van der Waals surface area contributed by atoms with E-state index in [9.17, 15) is 15.2 Å². The number of aromatic nitrogens is 1. The first-order valence-corrected chi connectivity index (χ1v) is 7.43. The highest BCUT2D eigenvalue weighted by atomic mass is 32.1. The number of aliphatic hydroxyl groups is 1. The summed E-state index contributed by atoms with van der Waals surface area (Å²) in [5, 5.41) is 21.1. The van der Waals surface area contributed by atoms with Gasteiger partial charge in [0.15, 0.2) is 5.13 Å². The van der Waals surface area contributed by atoms with Crippen LogP contribution in [0.2, 0.25) is 0 Å². The highest BCUT2D eigenvalue weighted by molar-refractivity contribution is 7.22. The van der Waals surface area contributed by atoms with Crippen LogP contribution in [0.15, 0.2) is 18.2 Å². The van der Waals surface area contributed by atoms with Gasteiger partial charge in [-0.25, -0.2) is 4.98 Å². The molecule has 2 aromatic rings. The Morgan fingerprint density at radius 2 is 2.35 bits per heavy atom. The highest BCUT2D eigenvalue weighted by Gasteiger charge is 2.24. The second-order valence-electron chi connectivity index (χ2n) is 4.93. The van der Waals surface area contributed by atoms with Crippen LogP contribution in [0.1, 0.15) is 19.3 Å². The molecule has 20 heavy (non-hydrogen) atoms. The van der Waals surface area contributed by atoms with Gasteiger partial charge in [0, 0.05) is 18.7 Å². The van der Waals surface area contributed by atoms with Gasteiger partial charge in [0.25, 0.3) is 5.69 Å². The number of hydrogen-bond acceptors (Lipinski definition) is 6. The lowest BCUT2D eigenvalue weighted by Gasteiger charge is -2.34. The number of nitro groups is 1. The molecule has 0 radical (unpaired) electrons. The number of nitro benzene ring substituents is 1. The van der Waals surface area contributed by atoms with Crippen molar-refractivity contribution in [3.63, 3.8) is 0 Å². The number of hydrogen-bond donors (Lipinski definition) is 1. The van der Waals surface area contributed by atoms with E-state index < -0.39 is 4.92 Å². The van der Waals surface area contributed by atoms with Gasteiger partial charge < -0.3 is 10.0 Å². The van der Waals surface area contributed by atoms with E-state index in [4.69, 9.17) is 0 Å². The molecule has 0 bridgehead atoms. The van der Waals surface area contributed by atoms with Gasteiger partial charge in [-0.3, -0.25) is 10.1 Å². The minimum atomic E-state index is -0.407. The van der Waals surface area contributed by atoms with Crippen molar-refractivity contribution >= 4 is 32.4 Å². The van der Waals surface area contributed by atoms with Crippen molar-refractivity contribution in [1.29, 1.82) is 0 Å². The number of non-ortho nitro benzene ring substituents is 1. The third kappa shape index (κ3) is 2.34. The number of nitrogens with zero attached hydrogens (tertiary/aromatic N) is 3. The summed E-state index contributed by atoms with van der Waals surface area (Å²) in [5.41, 5.74) is 0.716. The fraction of sp³-hybridized carbons (Fsp3) is 0.462. The number of rotatable bonds is 3. The molecule has 1 fully saturated rings. The van der Waals surface area contributed by atoms with Crippen LogP contribution >= 0.6 is 11.3 Å². The van der Waals surface area contributed by atoms with E-state index in [-0.39, 0.29) is 18.3 Å². The Balaban J connectivity index is 1.97. The Bertz CT molecular complexity index is 643. The normalized spacial score (nSPS) is 19.4. The first-order valence-electron chi connectivity index (χ1n) is 6.61. The topological polar surface area (TPSA) is 79.5 Å². The van der Waals surface area contributed by atoms with Crippen LogP contribution in [0, 0.1) is 10.1 Å². The summed E-state index contributed by atoms with van der Waals surface area (Å²) < 4.78 is 0.938. The monoisotopic (exact) mass is 293 g/mol. The van der Waals surface area contributed by atoms with Gasteiger partial charge in [-0.15, -0.1) is 0 Å². The molecule has 2 heterocycles. The molecule has 0 aliphatic carbocycles. The van der Waals surface area contributed by atoms with Crippen molar-refractivity contribution in [2.45, 2.75) is 25.3 Å². The van der Waals surface area contributed by atoms with Gasteiger partial charge in [-0.2, -0.15) is 0 Å². The van der Waals surface area contributed by atoms with Gasteiger partial charge in [0.2, 0.25) is 0 Å². The maximum Gasteiger partial charge on any atom is 0.271 e. The van der Waals surface area contributed by atoms with Crippen molar-refractivity contribution in [2.24, 2.45) is 0 Å². The number of benzene rings is 1. The second-order valence-corrected chi connectivity index (χ2v) is 5.94. The molecule has 1 aliphatic heterocycles. The van der Waals surface area contributed by atoms with Crippen LogP contribution < -0.4 is 4.90 Å². The lowest BCUT2D eigenvalue weighted by Crippen LogP contribution is -2.41. The number of fused-ring (bicyclic) bond motifs is 1. The minimum Gasteiger partial charge on any atom is -0.394 e. The van der Waals surface area contributed by atoms with Crippen LogP contribution in [0.4, 0.5) is 10.8 Å². The molecular weight excluding hydrogens is 278 g/mol. The predicted molar refractivity (Wildman–Crippen MR) is 78.3 cm³/mol. The van der Waals surface area contributed by atoms with E-state index in [0.29, 0.717) is 5.52 Å². The van der Waals surface area contributed by atoms with E-state index in [2.05, 4.69) is 9.88 Å². The fourth-order valence-electron chi connectivity index (χ4n) is 2.58. The average Bonchev–Trinajstić information content (AvgIpc) is 2.89.